The van der Waals surface area contributed by atoms with E-state index >= 15 is 0 Å². The number of methoxy groups -OCH3 is 2. The third-order valence-electron chi connectivity index (χ3n) is 3.65. The normalized spacial score (nSPS) is 11.7. The number of anilines is 1. The van der Waals surface area contributed by atoms with Gasteiger partial charge in [0.1, 0.15) is 11.4 Å². The van der Waals surface area contributed by atoms with Gasteiger partial charge in [-0.3, -0.25) is 19.7 Å². The van der Waals surface area contributed by atoms with Crippen molar-refractivity contribution in [2.24, 2.45) is 10.2 Å². The molecule has 2 aromatic carbocycles. The number of Topliss-reactive ketones (excluding diaryl/α,β-unsaturated/α-hetero) is 1. The van der Waals surface area contributed by atoms with E-state index in [4.69, 9.17) is 9.47 Å². The van der Waals surface area contributed by atoms with E-state index in [1.165, 1.54) is 39.3 Å². The van der Waals surface area contributed by atoms with Crippen LogP contribution in [0, 0.1) is 10.1 Å². The van der Waals surface area contributed by atoms with Gasteiger partial charge in [0.05, 0.1) is 30.9 Å². The Morgan fingerprint density at radius 2 is 1.79 bits per heavy atom. The van der Waals surface area contributed by atoms with Crippen molar-refractivity contribution in [3.63, 3.8) is 0 Å². The van der Waals surface area contributed by atoms with Gasteiger partial charge in [0.15, 0.2) is 11.5 Å². The van der Waals surface area contributed by atoms with Crippen molar-refractivity contribution in [3.05, 3.63) is 52.6 Å². The molecular weight excluding hydrogens is 368 g/mol. The zero-order valence-corrected chi connectivity index (χ0v) is 15.4. The minimum Gasteiger partial charge on any atom is -0.495 e. The standard InChI is InChI=1S/C18H18N4O6/c1-11(23)17(18(24)19-13-6-4-5-7-15(13)27-2)21-20-14-9-8-12(22(25)26)10-16(14)28-3/h4-10,17H,1-3H3,(H,19,24). The summed E-state index contributed by atoms with van der Waals surface area (Å²) in [5, 5.41) is 21.1. The fourth-order valence-electron chi connectivity index (χ4n) is 2.25. The number of nitro groups is 1. The molecule has 1 atom stereocenters. The van der Waals surface area contributed by atoms with E-state index in [1.807, 2.05) is 0 Å². The van der Waals surface area contributed by atoms with Gasteiger partial charge in [0, 0.05) is 6.07 Å². The second-order valence-corrected chi connectivity index (χ2v) is 5.53. The summed E-state index contributed by atoms with van der Waals surface area (Å²) in [5.41, 5.74) is 0.335. The number of nitrogens with one attached hydrogen (secondary N) is 1. The minimum absolute atomic E-state index is 0.0883. The number of azo groups is 1. The van der Waals surface area contributed by atoms with E-state index in [1.54, 1.807) is 24.3 Å². The lowest BCUT2D eigenvalue weighted by atomic mass is 10.2. The Morgan fingerprint density at radius 1 is 1.11 bits per heavy atom. The molecule has 0 radical (unpaired) electrons. The zero-order chi connectivity index (χ0) is 20.7. The number of rotatable bonds is 8. The van der Waals surface area contributed by atoms with Crippen LogP contribution in [0.4, 0.5) is 17.1 Å². The Labute approximate surface area is 160 Å². The highest BCUT2D eigenvalue weighted by Crippen LogP contribution is 2.32. The van der Waals surface area contributed by atoms with Crippen LogP contribution in [0.15, 0.2) is 52.7 Å². The molecule has 1 amide bonds. The number of hydrogen-bond donors (Lipinski definition) is 1. The van der Waals surface area contributed by atoms with Crippen LogP contribution in [-0.2, 0) is 9.59 Å². The predicted octanol–water partition coefficient (Wildman–Crippen LogP) is 3.29. The maximum Gasteiger partial charge on any atom is 0.273 e. The molecule has 1 unspecified atom stereocenters. The lowest BCUT2D eigenvalue weighted by Crippen LogP contribution is -2.31. The van der Waals surface area contributed by atoms with E-state index in [0.717, 1.165) is 0 Å². The maximum atomic E-state index is 12.5. The number of nitro benzene ring substituents is 1. The molecule has 0 fully saturated rings. The molecule has 28 heavy (non-hydrogen) atoms. The fourth-order valence-corrected chi connectivity index (χ4v) is 2.25. The smallest absolute Gasteiger partial charge is 0.273 e. The third-order valence-corrected chi connectivity index (χ3v) is 3.65. The molecule has 0 aliphatic carbocycles. The molecule has 0 spiro atoms. The van der Waals surface area contributed by atoms with Gasteiger partial charge in [-0.05, 0) is 25.1 Å². The molecule has 0 aliphatic heterocycles. The molecule has 1 N–H and O–H groups in total. The molecule has 0 heterocycles. The molecule has 0 saturated heterocycles. The average molecular weight is 386 g/mol. The number of non-ortho nitro benzene ring substituents is 1. The number of amides is 1. The molecule has 10 nitrogen and oxygen atoms in total. The summed E-state index contributed by atoms with van der Waals surface area (Å²) in [4.78, 5) is 34.6. The second-order valence-electron chi connectivity index (χ2n) is 5.53. The van der Waals surface area contributed by atoms with Gasteiger partial charge in [-0.1, -0.05) is 12.1 Å². The largest absolute Gasteiger partial charge is 0.495 e. The first kappa shape index (κ1) is 20.5. The number of benzene rings is 2. The number of para-hydroxylation sites is 2. The van der Waals surface area contributed by atoms with E-state index in [-0.39, 0.29) is 17.1 Å². The molecule has 0 aromatic heterocycles. The van der Waals surface area contributed by atoms with Crippen molar-refractivity contribution < 1.29 is 24.0 Å². The van der Waals surface area contributed by atoms with Crippen LogP contribution in [0.5, 0.6) is 11.5 Å². The first-order valence-electron chi connectivity index (χ1n) is 8.05. The highest BCUT2D eigenvalue weighted by Gasteiger charge is 2.24. The average Bonchev–Trinajstić information content (AvgIpc) is 2.68. The van der Waals surface area contributed by atoms with Crippen LogP contribution in [0.25, 0.3) is 0 Å². The van der Waals surface area contributed by atoms with Crippen molar-refractivity contribution in [2.45, 2.75) is 13.0 Å². The van der Waals surface area contributed by atoms with Crippen LogP contribution in [-0.4, -0.2) is 36.9 Å². The molecule has 2 rings (SSSR count). The Hall–Kier alpha value is -3.82. The third kappa shape index (κ3) is 4.87. The first-order valence-corrected chi connectivity index (χ1v) is 8.05. The fraction of sp³-hybridized carbons (Fsp3) is 0.222. The second kappa shape index (κ2) is 9.21. The van der Waals surface area contributed by atoms with Crippen molar-refractivity contribution in [3.8, 4) is 11.5 Å². The summed E-state index contributed by atoms with van der Waals surface area (Å²) in [5.74, 6) is -0.712. The summed E-state index contributed by atoms with van der Waals surface area (Å²) >= 11 is 0. The molecular formula is C18H18N4O6. The van der Waals surface area contributed by atoms with Crippen molar-refractivity contribution in [1.82, 2.24) is 0 Å². The molecule has 0 bridgehead atoms. The van der Waals surface area contributed by atoms with E-state index in [9.17, 15) is 19.7 Å². The van der Waals surface area contributed by atoms with E-state index < -0.39 is 22.7 Å². The van der Waals surface area contributed by atoms with Gasteiger partial charge in [-0.2, -0.15) is 10.2 Å². The van der Waals surface area contributed by atoms with Crippen LogP contribution in [0.1, 0.15) is 6.92 Å². The Bertz CT molecular complexity index is 928. The highest BCUT2D eigenvalue weighted by atomic mass is 16.6. The summed E-state index contributed by atoms with van der Waals surface area (Å²) in [6.07, 6.45) is 0. The van der Waals surface area contributed by atoms with Crippen LogP contribution in [0.2, 0.25) is 0 Å². The Balaban J connectivity index is 2.26. The van der Waals surface area contributed by atoms with E-state index in [2.05, 4.69) is 15.5 Å². The van der Waals surface area contributed by atoms with Crippen LogP contribution in [0.3, 0.4) is 0 Å². The number of nitrogens with zero attached hydrogens (tertiary/aromatic N) is 3. The number of carbonyl (C=O) groups is 2. The first-order chi connectivity index (χ1) is 13.4. The number of ketones is 1. The van der Waals surface area contributed by atoms with Gasteiger partial charge in [-0.15, -0.1) is 0 Å². The molecule has 2 aromatic rings. The molecule has 146 valence electrons. The van der Waals surface area contributed by atoms with Crippen molar-refractivity contribution >= 4 is 28.8 Å². The quantitative estimate of drug-likeness (QED) is 0.320. The van der Waals surface area contributed by atoms with E-state index in [0.29, 0.717) is 11.4 Å². The summed E-state index contributed by atoms with van der Waals surface area (Å²) < 4.78 is 10.2. The Kier molecular flexibility index (Phi) is 6.74. The topological polar surface area (TPSA) is 132 Å². The van der Waals surface area contributed by atoms with Crippen LogP contribution < -0.4 is 14.8 Å². The predicted molar refractivity (Wildman–Crippen MR) is 100 cm³/mol. The minimum atomic E-state index is -1.41. The lowest BCUT2D eigenvalue weighted by molar-refractivity contribution is -0.384. The van der Waals surface area contributed by atoms with Gasteiger partial charge >= 0.3 is 0 Å². The summed E-state index contributed by atoms with van der Waals surface area (Å²) in [6.45, 7) is 1.21. The molecule has 10 heteroatoms. The highest BCUT2D eigenvalue weighted by molar-refractivity contribution is 6.10. The van der Waals surface area contributed by atoms with Gasteiger partial charge in [-0.25, -0.2) is 0 Å². The number of hydrogen-bond acceptors (Lipinski definition) is 8. The van der Waals surface area contributed by atoms with Gasteiger partial charge in [0.25, 0.3) is 11.6 Å². The SMILES string of the molecule is COc1cc([N+](=O)[O-])ccc1N=NC(C(C)=O)C(=O)Nc1ccccc1OC. The van der Waals surface area contributed by atoms with Crippen LogP contribution >= 0.6 is 0 Å². The van der Waals surface area contributed by atoms with Gasteiger partial charge in [0.2, 0.25) is 6.04 Å². The molecule has 0 saturated carbocycles. The zero-order valence-electron chi connectivity index (χ0n) is 15.4. The number of ether oxygens (including phenoxy) is 2. The molecule has 0 aliphatic rings. The summed E-state index contributed by atoms with van der Waals surface area (Å²) in [7, 11) is 2.77. The summed E-state index contributed by atoms with van der Waals surface area (Å²) in [6, 6.07) is 8.99. The Morgan fingerprint density at radius 3 is 2.39 bits per heavy atom. The number of carbonyl (C=O) groups excluding carboxylic acids is 2. The van der Waals surface area contributed by atoms with Gasteiger partial charge < -0.3 is 14.8 Å². The maximum absolute atomic E-state index is 12.5. The monoisotopic (exact) mass is 386 g/mol. The van der Waals surface area contributed by atoms with Crippen molar-refractivity contribution in [1.29, 1.82) is 0 Å². The van der Waals surface area contributed by atoms with Crippen molar-refractivity contribution in [2.75, 3.05) is 19.5 Å². The lowest BCUT2D eigenvalue weighted by Gasteiger charge is -2.12.